The van der Waals surface area contributed by atoms with Crippen LogP contribution < -0.4 is 22.5 Å². The summed E-state index contributed by atoms with van der Waals surface area (Å²) in [6, 6.07) is 4.88. The lowest BCUT2D eigenvalue weighted by Gasteiger charge is -2.27. The molecule has 0 fully saturated rings. The highest BCUT2D eigenvalue weighted by atomic mass is 16.3. The van der Waals surface area contributed by atoms with Gasteiger partial charge in [-0.2, -0.15) is 0 Å². The first kappa shape index (κ1) is 14.9. The van der Waals surface area contributed by atoms with Crippen LogP contribution >= 0.6 is 0 Å². The molecule has 0 heterocycles. The van der Waals surface area contributed by atoms with Crippen LogP contribution in [-0.2, 0) is 16.0 Å². The fourth-order valence-corrected chi connectivity index (χ4v) is 1.72. The Morgan fingerprint density at radius 2 is 2.00 bits per heavy atom. The highest BCUT2D eigenvalue weighted by Crippen LogP contribution is 2.23. The predicted octanol–water partition coefficient (Wildman–Crippen LogP) is -1.60. The van der Waals surface area contributed by atoms with E-state index in [1.54, 1.807) is 18.2 Å². The predicted molar refractivity (Wildman–Crippen MR) is 72.0 cm³/mol. The van der Waals surface area contributed by atoms with Crippen molar-refractivity contribution in [2.75, 3.05) is 18.5 Å². The van der Waals surface area contributed by atoms with Crippen LogP contribution in [0.2, 0.25) is 0 Å². The van der Waals surface area contributed by atoms with Gasteiger partial charge in [-0.05, 0) is 12.1 Å². The Balaban J connectivity index is 3.04. The van der Waals surface area contributed by atoms with Gasteiger partial charge in [0.25, 0.3) is 0 Å². The molecule has 0 aliphatic heterocycles. The average molecular weight is 266 g/mol. The Kier molecular flexibility index (Phi) is 4.47. The number of amides is 1. The minimum absolute atomic E-state index is 0.0961. The first-order chi connectivity index (χ1) is 8.86. The number of hydrogen-bond donors (Lipinski definition) is 5. The molecule has 19 heavy (non-hydrogen) atoms. The molecule has 0 radical (unpaired) electrons. The molecule has 1 aromatic carbocycles. The molecule has 7 heteroatoms. The number of rotatable bonds is 5. The molecule has 1 aromatic rings. The second-order valence-electron chi connectivity index (χ2n) is 4.26. The van der Waals surface area contributed by atoms with Crippen molar-refractivity contribution in [3.8, 4) is 0 Å². The largest absolute Gasteiger partial charge is 0.398 e. The van der Waals surface area contributed by atoms with E-state index in [9.17, 15) is 14.7 Å². The third kappa shape index (κ3) is 2.83. The van der Waals surface area contributed by atoms with Gasteiger partial charge in [-0.1, -0.05) is 6.07 Å². The molecule has 2 unspecified atom stereocenters. The topological polar surface area (TPSA) is 144 Å². The van der Waals surface area contributed by atoms with Crippen LogP contribution in [0, 0.1) is 0 Å². The summed E-state index contributed by atoms with van der Waals surface area (Å²) in [7, 11) is 1.32. The molecule has 1 amide bonds. The van der Waals surface area contributed by atoms with Gasteiger partial charge in [0.2, 0.25) is 5.91 Å². The standard InChI is InChI=1S/C12H18N4O3/c1-16-11(19)12(15,6-17)10(18)5-7-8(13)3-2-4-9(7)14/h2-4,6,10,18H,5,13-15H2,1H3,(H,16,19). The second kappa shape index (κ2) is 5.68. The number of carbonyl (C=O) groups is 2. The monoisotopic (exact) mass is 266 g/mol. The second-order valence-corrected chi connectivity index (χ2v) is 4.26. The summed E-state index contributed by atoms with van der Waals surface area (Å²) < 4.78 is 0. The van der Waals surface area contributed by atoms with Crippen molar-refractivity contribution in [1.29, 1.82) is 0 Å². The van der Waals surface area contributed by atoms with Crippen LogP contribution in [0.5, 0.6) is 0 Å². The summed E-state index contributed by atoms with van der Waals surface area (Å²) in [5.41, 5.74) is 16.3. The van der Waals surface area contributed by atoms with E-state index in [4.69, 9.17) is 17.2 Å². The van der Waals surface area contributed by atoms with Gasteiger partial charge in [0.15, 0.2) is 11.8 Å². The fourth-order valence-electron chi connectivity index (χ4n) is 1.72. The van der Waals surface area contributed by atoms with Crippen LogP contribution in [0.15, 0.2) is 18.2 Å². The minimum atomic E-state index is -2.04. The lowest BCUT2D eigenvalue weighted by Crippen LogP contribution is -2.63. The Morgan fingerprint density at radius 3 is 2.42 bits per heavy atom. The molecule has 1 rings (SSSR count). The van der Waals surface area contributed by atoms with Gasteiger partial charge >= 0.3 is 0 Å². The Bertz CT molecular complexity index is 472. The van der Waals surface area contributed by atoms with Crippen molar-refractivity contribution in [1.82, 2.24) is 5.32 Å². The maximum Gasteiger partial charge on any atom is 0.249 e. The molecular formula is C12H18N4O3. The first-order valence-corrected chi connectivity index (χ1v) is 5.65. The van der Waals surface area contributed by atoms with Gasteiger partial charge in [-0.25, -0.2) is 0 Å². The van der Waals surface area contributed by atoms with Gasteiger partial charge in [-0.15, -0.1) is 0 Å². The van der Waals surface area contributed by atoms with Crippen molar-refractivity contribution in [3.05, 3.63) is 23.8 Å². The average Bonchev–Trinajstić information content (AvgIpc) is 2.40. The third-order valence-corrected chi connectivity index (χ3v) is 3.01. The van der Waals surface area contributed by atoms with E-state index in [0.717, 1.165) is 0 Å². The zero-order chi connectivity index (χ0) is 14.6. The number of nitrogen functional groups attached to an aromatic ring is 2. The van der Waals surface area contributed by atoms with E-state index in [-0.39, 0.29) is 12.7 Å². The number of carbonyl (C=O) groups excluding carboxylic acids is 2. The Hall–Kier alpha value is -2.12. The maximum absolute atomic E-state index is 11.6. The molecule has 0 bridgehead atoms. The molecule has 0 aliphatic carbocycles. The smallest absolute Gasteiger partial charge is 0.249 e. The molecule has 104 valence electrons. The van der Waals surface area contributed by atoms with E-state index in [2.05, 4.69) is 5.32 Å². The number of likely N-dealkylation sites (N-methyl/N-ethyl adjacent to an activating group) is 1. The number of benzene rings is 1. The summed E-state index contributed by atoms with van der Waals surface area (Å²) in [6.07, 6.45) is -1.32. The van der Waals surface area contributed by atoms with Gasteiger partial charge in [0, 0.05) is 30.4 Å². The summed E-state index contributed by atoms with van der Waals surface area (Å²) in [5.74, 6) is -0.775. The number of hydrogen-bond acceptors (Lipinski definition) is 6. The van der Waals surface area contributed by atoms with Gasteiger partial charge in [0.05, 0.1) is 6.10 Å². The number of aliphatic hydroxyl groups excluding tert-OH is 1. The Labute approximate surface area is 110 Å². The van der Waals surface area contributed by atoms with E-state index >= 15 is 0 Å². The molecular weight excluding hydrogens is 248 g/mol. The fraction of sp³-hybridized carbons (Fsp3) is 0.333. The third-order valence-electron chi connectivity index (χ3n) is 3.01. The SMILES string of the molecule is CNC(=O)C(N)(C=O)C(O)Cc1c(N)cccc1N. The summed E-state index contributed by atoms with van der Waals surface area (Å²) in [4.78, 5) is 22.6. The van der Waals surface area contributed by atoms with Crippen molar-refractivity contribution in [3.63, 3.8) is 0 Å². The molecule has 2 atom stereocenters. The van der Waals surface area contributed by atoms with Gasteiger partial charge in [-0.3, -0.25) is 4.79 Å². The van der Waals surface area contributed by atoms with Crippen molar-refractivity contribution in [2.45, 2.75) is 18.1 Å². The summed E-state index contributed by atoms with van der Waals surface area (Å²) in [5, 5.41) is 12.3. The van der Waals surface area contributed by atoms with Gasteiger partial charge in [0.1, 0.15) is 0 Å². The van der Waals surface area contributed by atoms with Crippen LogP contribution in [0.4, 0.5) is 11.4 Å². The molecule has 0 aromatic heterocycles. The van der Waals surface area contributed by atoms with Crippen LogP contribution in [0.1, 0.15) is 5.56 Å². The van der Waals surface area contributed by atoms with Crippen molar-refractivity contribution < 1.29 is 14.7 Å². The van der Waals surface area contributed by atoms with Crippen LogP contribution in [-0.4, -0.2) is 36.0 Å². The number of nitrogens with one attached hydrogen (secondary N) is 1. The first-order valence-electron chi connectivity index (χ1n) is 5.65. The van der Waals surface area contributed by atoms with E-state index in [1.165, 1.54) is 7.05 Å². The highest BCUT2D eigenvalue weighted by molar-refractivity contribution is 6.02. The zero-order valence-corrected chi connectivity index (χ0v) is 10.6. The highest BCUT2D eigenvalue weighted by Gasteiger charge is 2.41. The van der Waals surface area contributed by atoms with E-state index in [1.807, 2.05) is 0 Å². The minimum Gasteiger partial charge on any atom is -0.398 e. The van der Waals surface area contributed by atoms with Crippen LogP contribution in [0.3, 0.4) is 0 Å². The van der Waals surface area contributed by atoms with E-state index < -0.39 is 17.6 Å². The molecule has 0 aliphatic rings. The quantitative estimate of drug-likeness (QED) is 0.246. The molecule has 7 nitrogen and oxygen atoms in total. The molecule has 8 N–H and O–H groups in total. The number of aliphatic hydroxyl groups is 1. The summed E-state index contributed by atoms with van der Waals surface area (Å²) >= 11 is 0. The van der Waals surface area contributed by atoms with E-state index in [0.29, 0.717) is 16.9 Å². The van der Waals surface area contributed by atoms with Gasteiger partial charge < -0.3 is 32.4 Å². The number of anilines is 2. The number of aldehydes is 1. The number of nitrogens with two attached hydrogens (primary N) is 3. The van der Waals surface area contributed by atoms with Crippen LogP contribution in [0.25, 0.3) is 0 Å². The lowest BCUT2D eigenvalue weighted by molar-refractivity contribution is -0.135. The molecule has 0 spiro atoms. The van der Waals surface area contributed by atoms with Crippen molar-refractivity contribution in [2.24, 2.45) is 5.73 Å². The van der Waals surface area contributed by atoms with Crippen molar-refractivity contribution >= 4 is 23.6 Å². The maximum atomic E-state index is 11.6. The molecule has 0 saturated carbocycles. The molecule has 0 saturated heterocycles. The Morgan fingerprint density at radius 1 is 1.47 bits per heavy atom. The zero-order valence-electron chi connectivity index (χ0n) is 10.6. The lowest BCUT2D eigenvalue weighted by atomic mass is 9.88. The summed E-state index contributed by atoms with van der Waals surface area (Å²) in [6.45, 7) is 0. The normalized spacial score (nSPS) is 15.3.